The van der Waals surface area contributed by atoms with Crippen LogP contribution in [0.1, 0.15) is 5.56 Å². The molecule has 0 saturated carbocycles. The van der Waals surface area contributed by atoms with Crippen molar-refractivity contribution in [2.24, 2.45) is 0 Å². The molecular weight excluding hydrogens is 260 g/mol. The largest absolute Gasteiger partial charge is 0.383 e. The van der Waals surface area contributed by atoms with Gasteiger partial charge in [0, 0.05) is 39.3 Å². The molecule has 0 unspecified atom stereocenters. The summed E-state index contributed by atoms with van der Waals surface area (Å²) in [4.78, 5) is 4.78. The van der Waals surface area contributed by atoms with Gasteiger partial charge in [-0.1, -0.05) is 11.6 Å². The van der Waals surface area contributed by atoms with Gasteiger partial charge < -0.3 is 10.2 Å². The Morgan fingerprint density at radius 2 is 2.05 bits per heavy atom. The highest BCUT2D eigenvalue weighted by Crippen LogP contribution is 2.22. The van der Waals surface area contributed by atoms with E-state index in [2.05, 4.69) is 28.2 Å². The van der Waals surface area contributed by atoms with Gasteiger partial charge in [0.1, 0.15) is 0 Å². The fourth-order valence-corrected chi connectivity index (χ4v) is 2.33. The normalized spacial score (nSPS) is 17.1. The van der Waals surface area contributed by atoms with Gasteiger partial charge in [0.15, 0.2) is 0 Å². The molecule has 1 saturated heterocycles. The molecule has 0 aliphatic carbocycles. The third-order valence-electron chi connectivity index (χ3n) is 3.43. The summed E-state index contributed by atoms with van der Waals surface area (Å²) in [6.45, 7) is 6.34. The summed E-state index contributed by atoms with van der Waals surface area (Å²) in [5.41, 5.74) is 1.47. The number of halogens is 1. The van der Waals surface area contributed by atoms with E-state index in [0.29, 0.717) is 10.6 Å². The number of hydrogen-bond donors (Lipinski definition) is 1. The Morgan fingerprint density at radius 1 is 1.32 bits per heavy atom. The monoisotopic (exact) mass is 278 g/mol. The second-order valence-electron chi connectivity index (χ2n) is 4.88. The summed E-state index contributed by atoms with van der Waals surface area (Å²) < 4.78 is 0. The molecule has 5 heteroatoms. The summed E-state index contributed by atoms with van der Waals surface area (Å²) in [6.07, 6.45) is 0. The SMILES string of the molecule is CN1CCN(CCNc2cc(C#N)ccc2Cl)CC1. The van der Waals surface area contributed by atoms with Crippen LogP contribution in [0.4, 0.5) is 5.69 Å². The number of anilines is 1. The van der Waals surface area contributed by atoms with Crippen LogP contribution in [0, 0.1) is 11.3 Å². The number of piperazine rings is 1. The topological polar surface area (TPSA) is 42.3 Å². The van der Waals surface area contributed by atoms with Crippen molar-refractivity contribution >= 4 is 17.3 Å². The van der Waals surface area contributed by atoms with Crippen molar-refractivity contribution in [2.75, 3.05) is 51.6 Å². The van der Waals surface area contributed by atoms with Crippen molar-refractivity contribution in [3.8, 4) is 6.07 Å². The van der Waals surface area contributed by atoms with Crippen molar-refractivity contribution in [1.82, 2.24) is 9.80 Å². The van der Waals surface area contributed by atoms with Gasteiger partial charge in [0.25, 0.3) is 0 Å². The number of nitrogens with zero attached hydrogens (tertiary/aromatic N) is 3. The van der Waals surface area contributed by atoms with E-state index in [1.54, 1.807) is 18.2 Å². The summed E-state index contributed by atoms with van der Waals surface area (Å²) >= 11 is 6.10. The Morgan fingerprint density at radius 3 is 2.74 bits per heavy atom. The molecule has 1 aliphatic rings. The standard InChI is InChI=1S/C14H19ClN4/c1-18-6-8-19(9-7-18)5-4-17-14-10-12(11-16)2-3-13(14)15/h2-3,10,17H,4-9H2,1H3. The minimum absolute atomic E-state index is 0.631. The van der Waals surface area contributed by atoms with Gasteiger partial charge in [-0.15, -0.1) is 0 Å². The predicted molar refractivity (Wildman–Crippen MR) is 78.6 cm³/mol. The summed E-state index contributed by atoms with van der Waals surface area (Å²) in [5, 5.41) is 12.8. The number of benzene rings is 1. The maximum absolute atomic E-state index is 8.87. The first kappa shape index (κ1) is 14.1. The zero-order valence-corrected chi connectivity index (χ0v) is 12.0. The predicted octanol–water partition coefficient (Wildman–Crippen LogP) is 1.87. The van der Waals surface area contributed by atoms with Gasteiger partial charge in [-0.25, -0.2) is 0 Å². The lowest BCUT2D eigenvalue weighted by atomic mass is 10.2. The average molecular weight is 279 g/mol. The Labute approximate surface area is 119 Å². The number of hydrogen-bond acceptors (Lipinski definition) is 4. The van der Waals surface area contributed by atoms with Crippen LogP contribution in [-0.4, -0.2) is 56.1 Å². The number of nitriles is 1. The van der Waals surface area contributed by atoms with Gasteiger partial charge in [-0.05, 0) is 25.2 Å². The van der Waals surface area contributed by atoms with Crippen molar-refractivity contribution in [3.05, 3.63) is 28.8 Å². The second-order valence-corrected chi connectivity index (χ2v) is 5.29. The van der Waals surface area contributed by atoms with E-state index < -0.39 is 0 Å². The van der Waals surface area contributed by atoms with E-state index in [4.69, 9.17) is 16.9 Å². The average Bonchev–Trinajstić information content (AvgIpc) is 2.43. The molecule has 1 aromatic rings. The van der Waals surface area contributed by atoms with E-state index in [-0.39, 0.29) is 0 Å². The van der Waals surface area contributed by atoms with Gasteiger partial charge in [0.2, 0.25) is 0 Å². The van der Waals surface area contributed by atoms with Crippen LogP contribution in [0.25, 0.3) is 0 Å². The number of nitrogens with one attached hydrogen (secondary N) is 1. The smallest absolute Gasteiger partial charge is 0.0992 e. The first-order chi connectivity index (χ1) is 9.19. The highest BCUT2D eigenvalue weighted by Gasteiger charge is 2.12. The molecule has 1 aliphatic heterocycles. The molecule has 0 amide bonds. The van der Waals surface area contributed by atoms with Crippen LogP contribution >= 0.6 is 11.6 Å². The summed E-state index contributed by atoms with van der Waals surface area (Å²) in [6, 6.07) is 7.41. The van der Waals surface area contributed by atoms with Crippen molar-refractivity contribution in [3.63, 3.8) is 0 Å². The van der Waals surface area contributed by atoms with E-state index in [1.807, 2.05) is 0 Å². The Hall–Kier alpha value is -1.28. The highest BCUT2D eigenvalue weighted by molar-refractivity contribution is 6.33. The van der Waals surface area contributed by atoms with Crippen molar-refractivity contribution in [2.45, 2.75) is 0 Å². The van der Waals surface area contributed by atoms with Gasteiger partial charge in [0.05, 0.1) is 22.3 Å². The summed E-state index contributed by atoms with van der Waals surface area (Å²) in [7, 11) is 2.16. The summed E-state index contributed by atoms with van der Waals surface area (Å²) in [5.74, 6) is 0. The fourth-order valence-electron chi connectivity index (χ4n) is 2.15. The van der Waals surface area contributed by atoms with Crippen LogP contribution in [0.3, 0.4) is 0 Å². The Balaban J connectivity index is 1.81. The molecule has 1 heterocycles. The van der Waals surface area contributed by atoms with E-state index in [0.717, 1.165) is 45.0 Å². The Bertz CT molecular complexity index is 461. The van der Waals surface area contributed by atoms with E-state index in [9.17, 15) is 0 Å². The van der Waals surface area contributed by atoms with Crippen LogP contribution < -0.4 is 5.32 Å². The molecule has 19 heavy (non-hydrogen) atoms. The molecular formula is C14H19ClN4. The molecule has 0 spiro atoms. The first-order valence-corrected chi connectivity index (χ1v) is 6.91. The lowest BCUT2D eigenvalue weighted by molar-refractivity contribution is 0.158. The van der Waals surface area contributed by atoms with Crippen LogP contribution in [0.15, 0.2) is 18.2 Å². The molecule has 4 nitrogen and oxygen atoms in total. The number of likely N-dealkylation sites (N-methyl/N-ethyl adjacent to an activating group) is 1. The minimum Gasteiger partial charge on any atom is -0.383 e. The highest BCUT2D eigenvalue weighted by atomic mass is 35.5. The molecule has 0 atom stereocenters. The molecule has 2 rings (SSSR count). The van der Waals surface area contributed by atoms with Crippen LogP contribution in [-0.2, 0) is 0 Å². The molecule has 1 aromatic carbocycles. The molecule has 1 fully saturated rings. The third kappa shape index (κ3) is 4.10. The first-order valence-electron chi connectivity index (χ1n) is 6.53. The lowest BCUT2D eigenvalue weighted by Crippen LogP contribution is -2.45. The maximum atomic E-state index is 8.87. The number of rotatable bonds is 4. The molecule has 0 aromatic heterocycles. The quantitative estimate of drug-likeness (QED) is 0.913. The van der Waals surface area contributed by atoms with Gasteiger partial charge >= 0.3 is 0 Å². The fraction of sp³-hybridized carbons (Fsp3) is 0.500. The Kier molecular flexibility index (Phi) is 5.03. The van der Waals surface area contributed by atoms with Gasteiger partial charge in [-0.3, -0.25) is 4.90 Å². The van der Waals surface area contributed by atoms with Crippen LogP contribution in [0.5, 0.6) is 0 Å². The van der Waals surface area contributed by atoms with Crippen molar-refractivity contribution in [1.29, 1.82) is 5.26 Å². The minimum atomic E-state index is 0.631. The second kappa shape index (κ2) is 6.76. The van der Waals surface area contributed by atoms with Gasteiger partial charge in [-0.2, -0.15) is 5.26 Å². The lowest BCUT2D eigenvalue weighted by Gasteiger charge is -2.32. The maximum Gasteiger partial charge on any atom is 0.0992 e. The molecule has 1 N–H and O–H groups in total. The molecule has 102 valence electrons. The zero-order chi connectivity index (χ0) is 13.7. The van der Waals surface area contributed by atoms with E-state index >= 15 is 0 Å². The molecule has 0 radical (unpaired) electrons. The molecule has 0 bridgehead atoms. The van der Waals surface area contributed by atoms with Crippen molar-refractivity contribution < 1.29 is 0 Å². The van der Waals surface area contributed by atoms with E-state index in [1.165, 1.54) is 0 Å². The van der Waals surface area contributed by atoms with Crippen LogP contribution in [0.2, 0.25) is 5.02 Å². The third-order valence-corrected chi connectivity index (χ3v) is 3.76. The zero-order valence-electron chi connectivity index (χ0n) is 11.2.